The fraction of sp³-hybridized carbons (Fsp3) is 0.486. The van der Waals surface area contributed by atoms with Crippen molar-refractivity contribution < 1.29 is 28.4 Å². The fourth-order valence-electron chi connectivity index (χ4n) is 7.46. The second kappa shape index (κ2) is 17.0. The smallest absolute Gasteiger partial charge is 0.160 e. The second-order valence-electron chi connectivity index (χ2n) is 12.8. The molecule has 44 heavy (non-hydrogen) atoms. The van der Waals surface area contributed by atoms with Crippen molar-refractivity contribution in [2.75, 3.05) is 42.7 Å². The van der Waals surface area contributed by atoms with Gasteiger partial charge in [-0.25, -0.2) is 0 Å². The zero-order chi connectivity index (χ0) is 32.3. The Morgan fingerprint density at radius 3 is 0.977 bits per heavy atom. The van der Waals surface area contributed by atoms with Gasteiger partial charge in [0.2, 0.25) is 0 Å². The summed E-state index contributed by atoms with van der Waals surface area (Å²) in [5, 5.41) is 4.02. The van der Waals surface area contributed by atoms with Crippen LogP contribution in [-0.4, -0.2) is 71.2 Å². The summed E-state index contributed by atoms with van der Waals surface area (Å²) in [4.78, 5) is 0. The molecule has 3 aromatic rings. The van der Waals surface area contributed by atoms with E-state index in [1.165, 1.54) is 34.8 Å². The van der Waals surface area contributed by atoms with Gasteiger partial charge in [0, 0.05) is 0 Å². The molecule has 0 aliphatic rings. The molecule has 3 aromatic carbocycles. The van der Waals surface area contributed by atoms with Gasteiger partial charge in [0.15, 0.2) is 34.5 Å². The largest absolute Gasteiger partial charge is 0.493 e. The molecular formula is C35H54O6Si3. The molecule has 0 N–H and O–H groups in total. The summed E-state index contributed by atoms with van der Waals surface area (Å²) < 4.78 is 34.3. The third-order valence-electron chi connectivity index (χ3n) is 8.68. The van der Waals surface area contributed by atoms with Gasteiger partial charge in [-0.1, -0.05) is 64.1 Å². The van der Waals surface area contributed by atoms with Crippen LogP contribution in [0.2, 0.25) is 16.6 Å². The highest BCUT2D eigenvalue weighted by atomic mass is 28.2. The van der Waals surface area contributed by atoms with Crippen LogP contribution in [0.5, 0.6) is 34.5 Å². The van der Waals surface area contributed by atoms with Gasteiger partial charge in [0.25, 0.3) is 0 Å². The lowest BCUT2D eigenvalue weighted by Gasteiger charge is -2.37. The molecule has 6 nitrogen and oxygen atoms in total. The molecule has 0 spiro atoms. The molecule has 9 heteroatoms. The van der Waals surface area contributed by atoms with Crippen molar-refractivity contribution in [1.82, 2.24) is 0 Å². The van der Waals surface area contributed by atoms with E-state index in [0.29, 0.717) is 16.6 Å². The number of benzene rings is 3. The third kappa shape index (κ3) is 9.31. The zero-order valence-electron chi connectivity index (χ0n) is 28.6. The van der Waals surface area contributed by atoms with Gasteiger partial charge in [-0.3, -0.25) is 0 Å². The summed E-state index contributed by atoms with van der Waals surface area (Å²) in [7, 11) is 8.57. The van der Waals surface area contributed by atoms with E-state index in [2.05, 4.69) is 64.1 Å². The molecule has 0 saturated carbocycles. The van der Waals surface area contributed by atoms with Crippen molar-refractivity contribution in [2.45, 2.75) is 63.6 Å². The van der Waals surface area contributed by atoms with Gasteiger partial charge in [-0.2, -0.15) is 0 Å². The highest BCUT2D eigenvalue weighted by molar-refractivity contribution is 6.57. The monoisotopic (exact) mass is 654 g/mol. The summed E-state index contributed by atoms with van der Waals surface area (Å²) in [6, 6.07) is 19.0. The van der Waals surface area contributed by atoms with Gasteiger partial charge in [0.05, 0.1) is 71.2 Å². The summed E-state index contributed by atoms with van der Waals surface area (Å²) in [6.45, 7) is 9.89. The highest BCUT2D eigenvalue weighted by Crippen LogP contribution is 2.43. The average Bonchev–Trinajstić information content (AvgIpc) is 2.99. The van der Waals surface area contributed by atoms with Gasteiger partial charge in [-0.05, 0) is 75.1 Å². The molecule has 0 fully saturated rings. The molecule has 0 radical (unpaired) electrons. The van der Waals surface area contributed by atoms with E-state index >= 15 is 0 Å². The van der Waals surface area contributed by atoms with Crippen LogP contribution >= 0.6 is 0 Å². The maximum Gasteiger partial charge on any atom is 0.160 e. The van der Waals surface area contributed by atoms with Gasteiger partial charge in [-0.15, -0.1) is 0 Å². The van der Waals surface area contributed by atoms with Crippen molar-refractivity contribution in [2.24, 2.45) is 5.41 Å². The Morgan fingerprint density at radius 2 is 0.750 bits per heavy atom. The molecule has 0 amide bonds. The van der Waals surface area contributed by atoms with Gasteiger partial charge >= 0.3 is 0 Å². The number of hydrogen-bond donors (Lipinski definition) is 0. The Morgan fingerprint density at radius 1 is 0.477 bits per heavy atom. The first-order valence-corrected chi connectivity index (χ1v) is 20.3. The number of para-hydroxylation sites is 3. The second-order valence-corrected chi connectivity index (χ2v) is 20.5. The van der Waals surface area contributed by atoms with E-state index in [9.17, 15) is 0 Å². The van der Waals surface area contributed by atoms with Crippen LogP contribution < -0.4 is 44.0 Å². The quantitative estimate of drug-likeness (QED) is 0.193. The summed E-state index contributed by atoms with van der Waals surface area (Å²) in [5.74, 6) is 5.20. The van der Waals surface area contributed by atoms with E-state index in [0.717, 1.165) is 34.5 Å². The van der Waals surface area contributed by atoms with Gasteiger partial charge in [0.1, 0.15) is 0 Å². The van der Waals surface area contributed by atoms with E-state index in [1.807, 2.05) is 18.2 Å². The third-order valence-corrected chi connectivity index (χ3v) is 14.6. The molecule has 0 aliphatic carbocycles. The summed E-state index contributed by atoms with van der Waals surface area (Å²) >= 11 is 0. The van der Waals surface area contributed by atoms with E-state index in [1.54, 1.807) is 42.7 Å². The number of rotatable bonds is 18. The van der Waals surface area contributed by atoms with E-state index in [4.69, 9.17) is 28.4 Å². The Balaban J connectivity index is 1.86. The normalized spacial score (nSPS) is 15.4. The van der Waals surface area contributed by atoms with Crippen LogP contribution in [0.15, 0.2) is 54.6 Å². The number of methoxy groups -OCH3 is 6. The maximum absolute atomic E-state index is 5.82. The Bertz CT molecular complexity index is 1180. The topological polar surface area (TPSA) is 55.4 Å². The fourth-order valence-corrected chi connectivity index (χ4v) is 14.6. The molecule has 0 bridgehead atoms. The Kier molecular flexibility index (Phi) is 13.7. The van der Waals surface area contributed by atoms with Crippen LogP contribution in [0.4, 0.5) is 0 Å². The summed E-state index contributed by atoms with van der Waals surface area (Å²) in [6.07, 6.45) is 3.59. The predicted molar refractivity (Wildman–Crippen MR) is 193 cm³/mol. The first-order valence-electron chi connectivity index (χ1n) is 15.7. The van der Waals surface area contributed by atoms with E-state index < -0.39 is 28.6 Å². The van der Waals surface area contributed by atoms with Crippen LogP contribution in [0.3, 0.4) is 0 Å². The van der Waals surface area contributed by atoms with Crippen molar-refractivity contribution >= 4 is 44.1 Å². The number of ether oxygens (including phenoxy) is 6. The van der Waals surface area contributed by atoms with Crippen LogP contribution in [0.25, 0.3) is 0 Å². The average molecular weight is 655 g/mol. The summed E-state index contributed by atoms with van der Waals surface area (Å²) in [5.41, 5.74) is 2.04. The molecule has 0 heterocycles. The first kappa shape index (κ1) is 35.6. The molecule has 0 aliphatic heterocycles. The lowest BCUT2D eigenvalue weighted by atomic mass is 9.77. The Hall–Kier alpha value is -2.89. The van der Waals surface area contributed by atoms with Crippen LogP contribution in [0.1, 0.15) is 47.0 Å². The van der Waals surface area contributed by atoms with Crippen molar-refractivity contribution in [1.29, 1.82) is 0 Å². The minimum Gasteiger partial charge on any atom is -0.493 e. The van der Waals surface area contributed by atoms with E-state index in [-0.39, 0.29) is 5.41 Å². The molecule has 3 rings (SSSR count). The minimum absolute atomic E-state index is 0.204. The molecule has 3 unspecified atom stereocenters. The maximum atomic E-state index is 5.82. The van der Waals surface area contributed by atoms with Gasteiger partial charge < -0.3 is 28.4 Å². The molecule has 0 saturated heterocycles. The van der Waals surface area contributed by atoms with Crippen molar-refractivity contribution in [3.63, 3.8) is 0 Å². The van der Waals surface area contributed by atoms with Crippen molar-refractivity contribution in [3.8, 4) is 34.5 Å². The van der Waals surface area contributed by atoms with Crippen molar-refractivity contribution in [3.05, 3.63) is 54.6 Å². The number of hydrogen-bond acceptors (Lipinski definition) is 6. The first-order chi connectivity index (χ1) is 21.1. The predicted octanol–water partition coefficient (Wildman–Crippen LogP) is 4.12. The highest BCUT2D eigenvalue weighted by Gasteiger charge is 2.32. The molecular weight excluding hydrogens is 601 g/mol. The standard InChI is InChI=1S/C35H54O6Si3/c1-23(42-29-17-11-14-26(36-5)32(29)39-8)20-35(4,21-24(2)43-30-18-12-15-27(37-6)33(30)40-9)22-25(3)44-31-19-13-16-28(38-7)34(31)41-10/h11-19,23-25H,20-22,42-44H2,1-10H3. The molecule has 3 atom stereocenters. The lowest BCUT2D eigenvalue weighted by Crippen LogP contribution is -2.31. The van der Waals surface area contributed by atoms with Crippen LogP contribution in [-0.2, 0) is 0 Å². The Labute approximate surface area is 272 Å². The van der Waals surface area contributed by atoms with Crippen LogP contribution in [0, 0.1) is 5.41 Å². The molecule has 242 valence electrons. The zero-order valence-corrected chi connectivity index (χ0v) is 32.9. The minimum atomic E-state index is -0.612. The lowest BCUT2D eigenvalue weighted by molar-refractivity contribution is 0.241. The SMILES string of the molecule is COc1cccc([SiH2]C(C)CC(C)(CC(C)[SiH2]c2cccc(OC)c2OC)CC(C)[SiH2]c2cccc(OC)c2OC)c1OC. The molecule has 0 aromatic heterocycles.